The first kappa shape index (κ1) is 22.3. The molecule has 2 N–H and O–H groups in total. The SMILES string of the molecule is Cc1cc(C)c(S(=O)(=O)N2CCCO[C@@H]2CNC(=O)C(=O)NC(C)C)c(C)c1. The number of ether oxygens (including phenoxy) is 1. The van der Waals surface area contributed by atoms with E-state index in [1.807, 2.05) is 19.1 Å². The van der Waals surface area contributed by atoms with Crippen LogP contribution in [0.1, 0.15) is 37.0 Å². The lowest BCUT2D eigenvalue weighted by atomic mass is 10.1. The molecule has 0 aromatic heterocycles. The van der Waals surface area contributed by atoms with E-state index in [2.05, 4.69) is 10.6 Å². The third-order valence-electron chi connectivity index (χ3n) is 4.39. The summed E-state index contributed by atoms with van der Waals surface area (Å²) in [6.07, 6.45) is -0.309. The largest absolute Gasteiger partial charge is 0.360 e. The highest BCUT2D eigenvalue weighted by molar-refractivity contribution is 7.89. The van der Waals surface area contributed by atoms with E-state index in [0.29, 0.717) is 24.2 Å². The fraction of sp³-hybridized carbons (Fsp3) is 0.579. The van der Waals surface area contributed by atoms with Crippen LogP contribution in [0.3, 0.4) is 0 Å². The molecule has 0 aliphatic carbocycles. The van der Waals surface area contributed by atoms with Crippen LogP contribution in [0.15, 0.2) is 17.0 Å². The number of hydrogen-bond acceptors (Lipinski definition) is 5. The summed E-state index contributed by atoms with van der Waals surface area (Å²) in [5.41, 5.74) is 2.33. The van der Waals surface area contributed by atoms with E-state index in [1.165, 1.54) is 4.31 Å². The average molecular weight is 412 g/mol. The van der Waals surface area contributed by atoms with Crippen molar-refractivity contribution in [1.82, 2.24) is 14.9 Å². The summed E-state index contributed by atoms with van der Waals surface area (Å²) in [5.74, 6) is -1.58. The van der Waals surface area contributed by atoms with Crippen molar-refractivity contribution in [2.24, 2.45) is 0 Å². The second-order valence-corrected chi connectivity index (χ2v) is 9.19. The van der Waals surface area contributed by atoms with E-state index in [9.17, 15) is 18.0 Å². The van der Waals surface area contributed by atoms with E-state index >= 15 is 0 Å². The van der Waals surface area contributed by atoms with Crippen molar-refractivity contribution in [3.05, 3.63) is 28.8 Å². The third kappa shape index (κ3) is 5.09. The smallest absolute Gasteiger partial charge is 0.309 e. The van der Waals surface area contributed by atoms with Gasteiger partial charge in [0.15, 0.2) is 0 Å². The number of carbonyl (C=O) groups is 2. The zero-order valence-electron chi connectivity index (χ0n) is 17.0. The first-order valence-electron chi connectivity index (χ1n) is 9.34. The first-order valence-corrected chi connectivity index (χ1v) is 10.8. The van der Waals surface area contributed by atoms with Gasteiger partial charge in [-0.2, -0.15) is 4.31 Å². The number of benzene rings is 1. The molecule has 0 unspecified atom stereocenters. The number of rotatable bonds is 5. The molecule has 2 amide bonds. The van der Waals surface area contributed by atoms with Gasteiger partial charge in [-0.3, -0.25) is 9.59 Å². The van der Waals surface area contributed by atoms with Crippen LogP contribution in [0, 0.1) is 20.8 Å². The summed E-state index contributed by atoms with van der Waals surface area (Å²) in [5, 5.41) is 4.96. The molecule has 1 saturated heterocycles. The molecule has 1 atom stereocenters. The molecule has 8 nitrogen and oxygen atoms in total. The van der Waals surface area contributed by atoms with Crippen LogP contribution in [0.2, 0.25) is 0 Å². The quantitative estimate of drug-likeness (QED) is 0.703. The lowest BCUT2D eigenvalue weighted by molar-refractivity contribution is -0.140. The van der Waals surface area contributed by atoms with Gasteiger partial charge in [0.05, 0.1) is 18.0 Å². The van der Waals surface area contributed by atoms with E-state index < -0.39 is 28.1 Å². The van der Waals surface area contributed by atoms with E-state index in [-0.39, 0.29) is 24.0 Å². The Balaban J connectivity index is 2.21. The minimum atomic E-state index is -3.82. The molecule has 0 saturated carbocycles. The third-order valence-corrected chi connectivity index (χ3v) is 6.58. The monoisotopic (exact) mass is 411 g/mol. The standard InChI is InChI=1S/C19H29N3O5S/c1-12(2)21-19(24)18(23)20-11-16-22(7-6-8-27-16)28(25,26)17-14(4)9-13(3)10-15(17)5/h9-10,12,16H,6-8,11H2,1-5H3,(H,20,23)(H,21,24)/t16-/m1/s1. The molecule has 0 bridgehead atoms. The Morgan fingerprint density at radius 2 is 1.79 bits per heavy atom. The number of carbonyl (C=O) groups excluding carboxylic acids is 2. The molecule has 0 radical (unpaired) electrons. The van der Waals surface area contributed by atoms with Gasteiger partial charge in [-0.15, -0.1) is 0 Å². The second-order valence-electron chi connectivity index (χ2n) is 7.36. The zero-order valence-corrected chi connectivity index (χ0v) is 17.9. The molecule has 1 aromatic rings. The van der Waals surface area contributed by atoms with Crippen molar-refractivity contribution in [2.75, 3.05) is 19.7 Å². The number of aryl methyl sites for hydroxylation is 3. The van der Waals surface area contributed by atoms with Gasteiger partial charge in [-0.1, -0.05) is 17.7 Å². The van der Waals surface area contributed by atoms with Crippen molar-refractivity contribution >= 4 is 21.8 Å². The van der Waals surface area contributed by atoms with Gasteiger partial charge in [0.2, 0.25) is 10.0 Å². The fourth-order valence-corrected chi connectivity index (χ4v) is 5.36. The Kier molecular flexibility index (Phi) is 7.19. The average Bonchev–Trinajstić information content (AvgIpc) is 2.58. The number of amides is 2. The van der Waals surface area contributed by atoms with E-state index in [4.69, 9.17) is 4.74 Å². The van der Waals surface area contributed by atoms with E-state index in [0.717, 1.165) is 5.56 Å². The molecule has 28 heavy (non-hydrogen) atoms. The minimum absolute atomic E-state index is 0.104. The number of nitrogens with zero attached hydrogens (tertiary/aromatic N) is 1. The predicted octanol–water partition coefficient (Wildman–Crippen LogP) is 0.990. The van der Waals surface area contributed by atoms with Crippen LogP contribution in [0.25, 0.3) is 0 Å². The lowest BCUT2D eigenvalue weighted by Crippen LogP contribution is -2.53. The first-order chi connectivity index (χ1) is 13.0. The maximum Gasteiger partial charge on any atom is 0.309 e. The van der Waals surface area contributed by atoms with Crippen LogP contribution in [0.5, 0.6) is 0 Å². The minimum Gasteiger partial charge on any atom is -0.360 e. The van der Waals surface area contributed by atoms with Crippen LogP contribution < -0.4 is 10.6 Å². The topological polar surface area (TPSA) is 105 Å². The summed E-state index contributed by atoms with van der Waals surface area (Å²) in [4.78, 5) is 24.0. The summed E-state index contributed by atoms with van der Waals surface area (Å²) < 4.78 is 33.5. The maximum absolute atomic E-state index is 13.3. The number of hydrogen-bond donors (Lipinski definition) is 2. The molecule has 9 heteroatoms. The van der Waals surface area contributed by atoms with E-state index in [1.54, 1.807) is 27.7 Å². The van der Waals surface area contributed by atoms with Crippen LogP contribution >= 0.6 is 0 Å². The van der Waals surface area contributed by atoms with Crippen LogP contribution in [0.4, 0.5) is 0 Å². The van der Waals surface area contributed by atoms with Gasteiger partial charge in [0, 0.05) is 12.6 Å². The molecule has 1 fully saturated rings. The molecular formula is C19H29N3O5S. The molecule has 1 heterocycles. The van der Waals surface area contributed by atoms with Crippen LogP contribution in [-0.4, -0.2) is 56.5 Å². The van der Waals surface area contributed by atoms with Crippen molar-refractivity contribution in [3.8, 4) is 0 Å². The molecule has 2 rings (SSSR count). The highest BCUT2D eigenvalue weighted by Gasteiger charge is 2.36. The summed E-state index contributed by atoms with van der Waals surface area (Å²) in [6, 6.07) is 3.49. The van der Waals surface area contributed by atoms with Crippen LogP contribution in [-0.2, 0) is 24.3 Å². The van der Waals surface area contributed by atoms with Crippen molar-refractivity contribution < 1.29 is 22.7 Å². The predicted molar refractivity (Wildman–Crippen MR) is 105 cm³/mol. The summed E-state index contributed by atoms with van der Waals surface area (Å²) >= 11 is 0. The van der Waals surface area contributed by atoms with Crippen molar-refractivity contribution in [1.29, 1.82) is 0 Å². The van der Waals surface area contributed by atoms with Crippen molar-refractivity contribution in [3.63, 3.8) is 0 Å². The lowest BCUT2D eigenvalue weighted by Gasteiger charge is -2.35. The zero-order chi connectivity index (χ0) is 21.1. The Hall–Kier alpha value is -1.97. The van der Waals surface area contributed by atoms with Gasteiger partial charge in [-0.25, -0.2) is 8.42 Å². The number of nitrogens with one attached hydrogen (secondary N) is 2. The highest BCUT2D eigenvalue weighted by atomic mass is 32.2. The second kappa shape index (κ2) is 9.02. The maximum atomic E-state index is 13.3. The van der Waals surface area contributed by atoms with Gasteiger partial charge < -0.3 is 15.4 Å². The Bertz CT molecular complexity index is 828. The Morgan fingerprint density at radius 1 is 1.18 bits per heavy atom. The van der Waals surface area contributed by atoms with Gasteiger partial charge in [0.1, 0.15) is 6.23 Å². The molecular weight excluding hydrogens is 382 g/mol. The van der Waals surface area contributed by atoms with Gasteiger partial charge in [0.25, 0.3) is 0 Å². The summed E-state index contributed by atoms with van der Waals surface area (Å²) in [7, 11) is -3.82. The number of sulfonamides is 1. The molecule has 1 aliphatic rings. The fourth-order valence-electron chi connectivity index (χ4n) is 3.38. The molecule has 156 valence electrons. The summed E-state index contributed by atoms with van der Waals surface area (Å²) in [6.45, 7) is 9.51. The van der Waals surface area contributed by atoms with Gasteiger partial charge in [-0.05, 0) is 52.2 Å². The highest BCUT2D eigenvalue weighted by Crippen LogP contribution is 2.28. The molecule has 1 aliphatic heterocycles. The van der Waals surface area contributed by atoms with Crippen molar-refractivity contribution in [2.45, 2.75) is 58.2 Å². The molecule has 0 spiro atoms. The molecule has 1 aromatic carbocycles. The van der Waals surface area contributed by atoms with Gasteiger partial charge >= 0.3 is 11.8 Å². The normalized spacial score (nSPS) is 18.1. The Morgan fingerprint density at radius 3 is 2.36 bits per heavy atom. The Labute approximate surface area is 166 Å².